The fourth-order valence-electron chi connectivity index (χ4n) is 2.66. The van der Waals surface area contributed by atoms with Crippen molar-refractivity contribution in [1.82, 2.24) is 5.32 Å². The summed E-state index contributed by atoms with van der Waals surface area (Å²) >= 11 is 0. The molecule has 2 nitrogen and oxygen atoms in total. The molecule has 0 bridgehead atoms. The minimum absolute atomic E-state index is 0.117. The summed E-state index contributed by atoms with van der Waals surface area (Å²) in [6.45, 7) is 12.3. The first-order valence-electron chi connectivity index (χ1n) is 7.28. The maximum absolute atomic E-state index is 10.9. The number of allylic oxidation sites excluding steroid dienone is 1. The molecule has 0 aromatic heterocycles. The van der Waals surface area contributed by atoms with Gasteiger partial charge in [-0.1, -0.05) is 38.2 Å². The van der Waals surface area contributed by atoms with Gasteiger partial charge in [0, 0.05) is 13.5 Å². The summed E-state index contributed by atoms with van der Waals surface area (Å²) in [6.07, 6.45) is 9.19. The summed E-state index contributed by atoms with van der Waals surface area (Å²) in [7, 11) is 0. The first-order chi connectivity index (χ1) is 8.42. The van der Waals surface area contributed by atoms with Crippen LogP contribution in [0.2, 0.25) is 0 Å². The maximum atomic E-state index is 10.9. The van der Waals surface area contributed by atoms with Crippen LogP contribution in [0.5, 0.6) is 0 Å². The standard InChI is InChI=1S/C12H23NO.C4H8/c1-3-7-12(10-13-11(2)14)8-5-4-6-9-12;1-4(2)3/h3-10H2,1-2H3,(H,13,14);1H2,2-3H3. The van der Waals surface area contributed by atoms with E-state index in [1.807, 2.05) is 13.8 Å². The number of carbonyl (C=O) groups excluding carboxylic acids is 1. The summed E-state index contributed by atoms with van der Waals surface area (Å²) in [5.41, 5.74) is 1.60. The quantitative estimate of drug-likeness (QED) is 0.737. The first kappa shape index (κ1) is 17.2. The summed E-state index contributed by atoms with van der Waals surface area (Å²) in [6, 6.07) is 0. The van der Waals surface area contributed by atoms with Gasteiger partial charge < -0.3 is 5.32 Å². The summed E-state index contributed by atoms with van der Waals surface area (Å²) in [5.74, 6) is 0.117. The van der Waals surface area contributed by atoms with E-state index < -0.39 is 0 Å². The van der Waals surface area contributed by atoms with E-state index in [0.29, 0.717) is 5.41 Å². The normalized spacial score (nSPS) is 17.3. The van der Waals surface area contributed by atoms with Crippen LogP contribution in [0.3, 0.4) is 0 Å². The van der Waals surface area contributed by atoms with Crippen LogP contribution in [0.15, 0.2) is 12.2 Å². The second-order valence-electron chi connectivity index (χ2n) is 5.93. The molecule has 0 aliphatic heterocycles. The molecule has 2 heteroatoms. The average Bonchev–Trinajstić information content (AvgIpc) is 2.27. The summed E-state index contributed by atoms with van der Waals surface area (Å²) in [5, 5.41) is 3.00. The van der Waals surface area contributed by atoms with Crippen LogP contribution in [0.4, 0.5) is 0 Å². The Bertz CT molecular complexity index is 242. The lowest BCUT2D eigenvalue weighted by Gasteiger charge is -2.37. The zero-order chi connectivity index (χ0) is 14.0. The Morgan fingerprint density at radius 1 is 1.17 bits per heavy atom. The van der Waals surface area contributed by atoms with Crippen molar-refractivity contribution in [2.75, 3.05) is 6.54 Å². The predicted molar refractivity (Wildman–Crippen MR) is 79.6 cm³/mol. The van der Waals surface area contributed by atoms with Crippen molar-refractivity contribution in [2.45, 2.75) is 72.6 Å². The van der Waals surface area contributed by atoms with Gasteiger partial charge in [0.15, 0.2) is 0 Å². The summed E-state index contributed by atoms with van der Waals surface area (Å²) < 4.78 is 0. The fraction of sp³-hybridized carbons (Fsp3) is 0.812. The second-order valence-corrected chi connectivity index (χ2v) is 5.93. The highest BCUT2D eigenvalue weighted by atomic mass is 16.1. The van der Waals surface area contributed by atoms with Gasteiger partial charge >= 0.3 is 0 Å². The van der Waals surface area contributed by atoms with Gasteiger partial charge in [-0.3, -0.25) is 4.79 Å². The molecule has 1 saturated carbocycles. The Morgan fingerprint density at radius 3 is 2.06 bits per heavy atom. The lowest BCUT2D eigenvalue weighted by atomic mass is 9.71. The SMILES string of the molecule is C=C(C)C.CCCC1(CNC(C)=O)CCCCC1. The zero-order valence-electron chi connectivity index (χ0n) is 12.8. The molecule has 0 unspecified atom stereocenters. The van der Waals surface area contributed by atoms with Crippen molar-refractivity contribution < 1.29 is 4.79 Å². The molecule has 1 amide bonds. The minimum Gasteiger partial charge on any atom is -0.356 e. The first-order valence-corrected chi connectivity index (χ1v) is 7.28. The third kappa shape index (κ3) is 8.32. The van der Waals surface area contributed by atoms with Gasteiger partial charge in [-0.25, -0.2) is 0 Å². The number of carbonyl (C=O) groups is 1. The van der Waals surface area contributed by atoms with Crippen molar-refractivity contribution in [2.24, 2.45) is 5.41 Å². The maximum Gasteiger partial charge on any atom is 0.216 e. The highest BCUT2D eigenvalue weighted by Gasteiger charge is 2.30. The van der Waals surface area contributed by atoms with E-state index >= 15 is 0 Å². The van der Waals surface area contributed by atoms with E-state index in [0.717, 1.165) is 6.54 Å². The third-order valence-electron chi connectivity index (χ3n) is 3.41. The van der Waals surface area contributed by atoms with Gasteiger partial charge in [-0.2, -0.15) is 0 Å². The molecule has 1 aliphatic carbocycles. The van der Waals surface area contributed by atoms with Crippen LogP contribution in [-0.4, -0.2) is 12.5 Å². The molecule has 1 aliphatic rings. The molecule has 18 heavy (non-hydrogen) atoms. The van der Waals surface area contributed by atoms with Gasteiger partial charge in [0.05, 0.1) is 0 Å². The van der Waals surface area contributed by atoms with Crippen LogP contribution >= 0.6 is 0 Å². The molecule has 0 spiro atoms. The Hall–Kier alpha value is -0.790. The van der Waals surface area contributed by atoms with Crippen LogP contribution in [0.25, 0.3) is 0 Å². The van der Waals surface area contributed by atoms with Crippen LogP contribution in [0, 0.1) is 5.41 Å². The van der Waals surface area contributed by atoms with E-state index in [4.69, 9.17) is 0 Å². The minimum atomic E-state index is 0.117. The lowest BCUT2D eigenvalue weighted by Crippen LogP contribution is -2.38. The number of nitrogens with one attached hydrogen (secondary N) is 1. The lowest BCUT2D eigenvalue weighted by molar-refractivity contribution is -0.119. The molecule has 1 rings (SSSR count). The number of amides is 1. The van der Waals surface area contributed by atoms with Crippen molar-refractivity contribution >= 4 is 5.91 Å². The molecule has 0 heterocycles. The molecular weight excluding hydrogens is 222 g/mol. The van der Waals surface area contributed by atoms with Crippen LogP contribution in [0.1, 0.15) is 72.6 Å². The highest BCUT2D eigenvalue weighted by Crippen LogP contribution is 2.39. The molecule has 0 radical (unpaired) electrons. The molecule has 1 fully saturated rings. The highest BCUT2D eigenvalue weighted by molar-refractivity contribution is 5.72. The van der Waals surface area contributed by atoms with Crippen molar-refractivity contribution in [3.63, 3.8) is 0 Å². The smallest absolute Gasteiger partial charge is 0.216 e. The molecule has 0 saturated heterocycles. The van der Waals surface area contributed by atoms with E-state index in [1.54, 1.807) is 6.92 Å². The van der Waals surface area contributed by atoms with Crippen molar-refractivity contribution in [3.05, 3.63) is 12.2 Å². The third-order valence-corrected chi connectivity index (χ3v) is 3.41. The molecule has 106 valence electrons. The Morgan fingerprint density at radius 2 is 1.67 bits per heavy atom. The zero-order valence-corrected chi connectivity index (χ0v) is 12.8. The average molecular weight is 253 g/mol. The molecule has 0 atom stereocenters. The van der Waals surface area contributed by atoms with Gasteiger partial charge in [0.1, 0.15) is 0 Å². The Labute approximate surface area is 113 Å². The Kier molecular flexibility index (Phi) is 8.78. The second kappa shape index (κ2) is 9.18. The van der Waals surface area contributed by atoms with Crippen LogP contribution < -0.4 is 5.32 Å². The van der Waals surface area contributed by atoms with Gasteiger partial charge in [-0.05, 0) is 38.5 Å². The predicted octanol–water partition coefficient (Wildman–Crippen LogP) is 4.46. The topological polar surface area (TPSA) is 29.1 Å². The molecular formula is C16H31NO. The largest absolute Gasteiger partial charge is 0.356 e. The molecule has 0 aromatic rings. The van der Waals surface area contributed by atoms with Crippen LogP contribution in [-0.2, 0) is 4.79 Å². The van der Waals surface area contributed by atoms with Crippen molar-refractivity contribution in [1.29, 1.82) is 0 Å². The number of hydrogen-bond donors (Lipinski definition) is 1. The van der Waals surface area contributed by atoms with Gasteiger partial charge in [0.25, 0.3) is 0 Å². The number of hydrogen-bond acceptors (Lipinski definition) is 1. The van der Waals surface area contributed by atoms with E-state index in [9.17, 15) is 4.79 Å². The van der Waals surface area contributed by atoms with Gasteiger partial charge in [0.2, 0.25) is 5.91 Å². The van der Waals surface area contributed by atoms with E-state index in [-0.39, 0.29) is 5.91 Å². The molecule has 1 N–H and O–H groups in total. The molecule has 0 aromatic carbocycles. The monoisotopic (exact) mass is 253 g/mol. The summed E-state index contributed by atoms with van der Waals surface area (Å²) in [4.78, 5) is 10.9. The van der Waals surface area contributed by atoms with E-state index in [2.05, 4.69) is 18.8 Å². The van der Waals surface area contributed by atoms with Gasteiger partial charge in [-0.15, -0.1) is 6.58 Å². The van der Waals surface area contributed by atoms with E-state index in [1.165, 1.54) is 50.5 Å². The Balaban J connectivity index is 0.000000631. The number of rotatable bonds is 4. The van der Waals surface area contributed by atoms with Crippen molar-refractivity contribution in [3.8, 4) is 0 Å². The fourth-order valence-corrected chi connectivity index (χ4v) is 2.66.